The number of aromatic amines is 1. The largest absolute Gasteiger partial charge is 0.485 e. The molecular formula is C16H15N3O4. The van der Waals surface area contributed by atoms with Crippen LogP contribution in [0.1, 0.15) is 6.92 Å². The highest BCUT2D eigenvalue weighted by atomic mass is 16.6. The second-order valence-corrected chi connectivity index (χ2v) is 5.12. The molecule has 0 atom stereocenters. The number of para-hydroxylation sites is 1. The quantitative estimate of drug-likeness (QED) is 0.430. The van der Waals surface area contributed by atoms with E-state index in [0.29, 0.717) is 0 Å². The third-order valence-corrected chi connectivity index (χ3v) is 3.52. The van der Waals surface area contributed by atoms with Crippen molar-refractivity contribution >= 4 is 33.4 Å². The van der Waals surface area contributed by atoms with E-state index in [9.17, 15) is 14.9 Å². The van der Waals surface area contributed by atoms with Crippen molar-refractivity contribution in [2.24, 2.45) is 0 Å². The number of carbonyl (C=O) groups excluding carboxylic acids is 1. The highest BCUT2D eigenvalue weighted by molar-refractivity contribution is 6.08. The lowest BCUT2D eigenvalue weighted by atomic mass is 10.1. The minimum Gasteiger partial charge on any atom is -0.485 e. The first-order valence-electron chi connectivity index (χ1n) is 7.12. The number of nitrogens with one attached hydrogen (secondary N) is 2. The number of carbonyl (C=O) groups is 1. The van der Waals surface area contributed by atoms with Gasteiger partial charge < -0.3 is 15.0 Å². The van der Waals surface area contributed by atoms with Crippen molar-refractivity contribution in [2.45, 2.75) is 6.92 Å². The molecule has 1 heterocycles. The fraction of sp³-hybridized carbons (Fsp3) is 0.188. The molecule has 2 N–H and O–H groups in total. The van der Waals surface area contributed by atoms with Gasteiger partial charge in [-0.1, -0.05) is 18.2 Å². The molecule has 0 saturated heterocycles. The summed E-state index contributed by atoms with van der Waals surface area (Å²) in [6.45, 7) is 1.85. The number of rotatable bonds is 5. The molecule has 7 nitrogen and oxygen atoms in total. The molecule has 7 heteroatoms. The van der Waals surface area contributed by atoms with Crippen LogP contribution in [0.4, 0.5) is 5.69 Å². The maximum Gasteiger partial charge on any atom is 0.311 e. The minimum atomic E-state index is -0.463. The Bertz CT molecular complexity index is 901. The van der Waals surface area contributed by atoms with Crippen molar-refractivity contribution in [3.05, 3.63) is 46.5 Å². The summed E-state index contributed by atoms with van der Waals surface area (Å²) in [6.07, 6.45) is 0. The van der Waals surface area contributed by atoms with E-state index in [1.807, 2.05) is 24.3 Å². The van der Waals surface area contributed by atoms with E-state index in [0.717, 1.165) is 21.8 Å². The fourth-order valence-corrected chi connectivity index (χ4v) is 2.51. The molecule has 0 aliphatic rings. The number of amides is 1. The molecule has 0 bridgehead atoms. The molecule has 0 fully saturated rings. The predicted molar refractivity (Wildman–Crippen MR) is 86.6 cm³/mol. The lowest BCUT2D eigenvalue weighted by Crippen LogP contribution is -2.25. The van der Waals surface area contributed by atoms with Crippen LogP contribution in [0.3, 0.4) is 0 Å². The lowest BCUT2D eigenvalue weighted by molar-refractivity contribution is -0.385. The van der Waals surface area contributed by atoms with Crippen LogP contribution in [0.25, 0.3) is 21.8 Å². The molecule has 1 amide bonds. The molecule has 1 aromatic heterocycles. The van der Waals surface area contributed by atoms with Gasteiger partial charge in [-0.3, -0.25) is 14.9 Å². The Morgan fingerprint density at radius 1 is 1.26 bits per heavy atom. The van der Waals surface area contributed by atoms with Gasteiger partial charge in [0.1, 0.15) is 6.61 Å². The number of nitro groups is 1. The number of benzene rings is 2. The van der Waals surface area contributed by atoms with Gasteiger partial charge in [0.15, 0.2) is 5.75 Å². The van der Waals surface area contributed by atoms with Gasteiger partial charge in [-0.2, -0.15) is 0 Å². The van der Waals surface area contributed by atoms with E-state index in [4.69, 9.17) is 4.74 Å². The summed E-state index contributed by atoms with van der Waals surface area (Å²) in [5.41, 5.74) is 1.59. The van der Waals surface area contributed by atoms with Crippen LogP contribution >= 0.6 is 0 Å². The van der Waals surface area contributed by atoms with Crippen LogP contribution in [0.2, 0.25) is 0 Å². The van der Waals surface area contributed by atoms with Crippen LogP contribution in [0.5, 0.6) is 5.75 Å². The van der Waals surface area contributed by atoms with E-state index in [1.165, 1.54) is 13.0 Å². The molecule has 2 aromatic carbocycles. The van der Waals surface area contributed by atoms with Crippen molar-refractivity contribution in [3.63, 3.8) is 0 Å². The van der Waals surface area contributed by atoms with Gasteiger partial charge in [-0.25, -0.2) is 0 Å². The number of hydrogen-bond acceptors (Lipinski definition) is 4. The van der Waals surface area contributed by atoms with Gasteiger partial charge >= 0.3 is 5.69 Å². The SMILES string of the molecule is CC(=O)NCCOc1cc2[nH]c3ccccc3c2cc1[N+](=O)[O-]. The third-order valence-electron chi connectivity index (χ3n) is 3.52. The van der Waals surface area contributed by atoms with Gasteiger partial charge in [0.05, 0.1) is 17.0 Å². The van der Waals surface area contributed by atoms with Crippen molar-refractivity contribution in [3.8, 4) is 5.75 Å². The van der Waals surface area contributed by atoms with Gasteiger partial charge in [0, 0.05) is 35.3 Å². The Labute approximate surface area is 131 Å². The smallest absolute Gasteiger partial charge is 0.311 e. The Morgan fingerprint density at radius 3 is 2.78 bits per heavy atom. The monoisotopic (exact) mass is 313 g/mol. The van der Waals surface area contributed by atoms with E-state index >= 15 is 0 Å². The van der Waals surface area contributed by atoms with Crippen LogP contribution in [0, 0.1) is 10.1 Å². The zero-order valence-electron chi connectivity index (χ0n) is 12.5. The first kappa shape index (κ1) is 14.8. The maximum absolute atomic E-state index is 11.3. The summed E-state index contributed by atoms with van der Waals surface area (Å²) < 4.78 is 5.48. The number of nitro benzene ring substituents is 1. The van der Waals surface area contributed by atoms with Crippen molar-refractivity contribution in [1.82, 2.24) is 10.3 Å². The number of H-pyrrole nitrogens is 1. The van der Waals surface area contributed by atoms with Crippen LogP contribution < -0.4 is 10.1 Å². The number of hydrogen-bond donors (Lipinski definition) is 2. The number of ether oxygens (including phenoxy) is 1. The molecule has 0 aliphatic heterocycles. The highest BCUT2D eigenvalue weighted by Gasteiger charge is 2.18. The third kappa shape index (κ3) is 2.94. The van der Waals surface area contributed by atoms with Crippen molar-refractivity contribution in [2.75, 3.05) is 13.2 Å². The second kappa shape index (κ2) is 5.96. The van der Waals surface area contributed by atoms with Gasteiger partial charge in [0.2, 0.25) is 5.91 Å². The second-order valence-electron chi connectivity index (χ2n) is 5.12. The molecule has 0 unspecified atom stereocenters. The van der Waals surface area contributed by atoms with Gasteiger partial charge in [0.25, 0.3) is 0 Å². The minimum absolute atomic E-state index is 0.0925. The zero-order chi connectivity index (χ0) is 16.4. The predicted octanol–water partition coefficient (Wildman–Crippen LogP) is 2.74. The average molecular weight is 313 g/mol. The van der Waals surface area contributed by atoms with E-state index in [2.05, 4.69) is 10.3 Å². The lowest BCUT2D eigenvalue weighted by Gasteiger charge is -2.07. The summed E-state index contributed by atoms with van der Waals surface area (Å²) in [5.74, 6) is 0.00794. The summed E-state index contributed by atoms with van der Waals surface area (Å²) in [6, 6.07) is 10.8. The van der Waals surface area contributed by atoms with Gasteiger partial charge in [-0.05, 0) is 6.07 Å². The molecular weight excluding hydrogens is 298 g/mol. The first-order valence-corrected chi connectivity index (χ1v) is 7.12. The molecule has 0 saturated carbocycles. The molecule has 118 valence electrons. The summed E-state index contributed by atoms with van der Waals surface area (Å²) in [5, 5.41) is 15.6. The summed E-state index contributed by atoms with van der Waals surface area (Å²) in [4.78, 5) is 24.9. The van der Waals surface area contributed by atoms with E-state index in [-0.39, 0.29) is 30.5 Å². The van der Waals surface area contributed by atoms with Gasteiger partial charge in [-0.15, -0.1) is 0 Å². The number of nitrogens with zero attached hydrogens (tertiary/aromatic N) is 1. The molecule has 0 spiro atoms. The van der Waals surface area contributed by atoms with Crippen LogP contribution in [0.15, 0.2) is 36.4 Å². The highest BCUT2D eigenvalue weighted by Crippen LogP contribution is 2.35. The number of fused-ring (bicyclic) bond motifs is 3. The first-order chi connectivity index (χ1) is 11.1. The van der Waals surface area contributed by atoms with Crippen molar-refractivity contribution < 1.29 is 14.5 Å². The Morgan fingerprint density at radius 2 is 2.04 bits per heavy atom. The maximum atomic E-state index is 11.3. The topological polar surface area (TPSA) is 97.3 Å². The van der Waals surface area contributed by atoms with E-state index in [1.54, 1.807) is 6.07 Å². The molecule has 0 radical (unpaired) electrons. The number of aromatic nitrogens is 1. The summed E-state index contributed by atoms with van der Waals surface area (Å²) >= 11 is 0. The zero-order valence-corrected chi connectivity index (χ0v) is 12.5. The Hall–Kier alpha value is -3.09. The molecule has 0 aliphatic carbocycles. The average Bonchev–Trinajstić information content (AvgIpc) is 2.87. The fourth-order valence-electron chi connectivity index (χ4n) is 2.51. The Kier molecular flexibility index (Phi) is 3.84. The standard InChI is InChI=1S/C16H15N3O4/c1-10(20)17-6-7-23-16-9-14-12(8-15(16)19(21)22)11-4-2-3-5-13(11)18-14/h2-5,8-9,18H,6-7H2,1H3,(H,17,20). The molecule has 3 rings (SSSR count). The Balaban J connectivity index is 1.99. The molecule has 3 aromatic rings. The molecule has 23 heavy (non-hydrogen) atoms. The van der Waals surface area contributed by atoms with Crippen LogP contribution in [-0.2, 0) is 4.79 Å². The van der Waals surface area contributed by atoms with Crippen LogP contribution in [-0.4, -0.2) is 29.0 Å². The van der Waals surface area contributed by atoms with Crippen molar-refractivity contribution in [1.29, 1.82) is 0 Å². The summed E-state index contributed by atoms with van der Waals surface area (Å²) in [7, 11) is 0. The van der Waals surface area contributed by atoms with E-state index < -0.39 is 4.92 Å². The normalized spacial score (nSPS) is 10.8.